The van der Waals surface area contributed by atoms with Crippen LogP contribution in [0.1, 0.15) is 26.7 Å². The zero-order chi connectivity index (χ0) is 19.2. The van der Waals surface area contributed by atoms with Crippen molar-refractivity contribution in [1.29, 1.82) is 0 Å². The number of hydrogen-bond acceptors (Lipinski definition) is 4. The molecule has 140 valence electrons. The van der Waals surface area contributed by atoms with E-state index in [0.717, 1.165) is 18.5 Å². The van der Waals surface area contributed by atoms with Crippen LogP contribution in [0.25, 0.3) is 10.9 Å². The molecule has 6 heteroatoms. The van der Waals surface area contributed by atoms with E-state index in [1.165, 1.54) is 11.8 Å². The summed E-state index contributed by atoms with van der Waals surface area (Å²) in [6, 6.07) is 16.7. The van der Waals surface area contributed by atoms with E-state index in [9.17, 15) is 9.59 Å². The molecule has 0 aliphatic carbocycles. The number of aromatic nitrogens is 2. The van der Waals surface area contributed by atoms with Gasteiger partial charge in [0.05, 0.1) is 16.2 Å². The second-order valence-corrected chi connectivity index (χ2v) is 7.65. The molecular formula is C21H23N3O2S. The first kappa shape index (κ1) is 19.2. The van der Waals surface area contributed by atoms with Crippen molar-refractivity contribution in [1.82, 2.24) is 9.55 Å². The molecule has 0 radical (unpaired) electrons. The molecule has 0 saturated heterocycles. The van der Waals surface area contributed by atoms with Crippen LogP contribution in [-0.4, -0.2) is 20.7 Å². The molecule has 0 bridgehead atoms. The summed E-state index contributed by atoms with van der Waals surface area (Å²) in [5.74, 6) is -0.115. The SMILES string of the molecule is CCCCn1c(SC(C)C(=O)Nc2ccccc2)nc2ccccc2c1=O. The Morgan fingerprint density at radius 1 is 1.15 bits per heavy atom. The van der Waals surface area contributed by atoms with E-state index in [1.807, 2.05) is 55.5 Å². The zero-order valence-corrected chi connectivity index (χ0v) is 16.3. The number of nitrogens with one attached hydrogen (secondary N) is 1. The predicted octanol–water partition coefficient (Wildman–Crippen LogP) is 4.32. The molecule has 0 spiro atoms. The number of thioether (sulfide) groups is 1. The number of amides is 1. The van der Waals surface area contributed by atoms with Crippen LogP contribution < -0.4 is 10.9 Å². The summed E-state index contributed by atoms with van der Waals surface area (Å²) in [5.41, 5.74) is 1.37. The number of nitrogens with zero attached hydrogens (tertiary/aromatic N) is 2. The lowest BCUT2D eigenvalue weighted by Crippen LogP contribution is -2.27. The molecule has 27 heavy (non-hydrogen) atoms. The first-order chi connectivity index (χ1) is 13.1. The summed E-state index contributed by atoms with van der Waals surface area (Å²) in [4.78, 5) is 30.1. The maximum absolute atomic E-state index is 12.9. The number of para-hydroxylation sites is 2. The third-order valence-corrected chi connectivity index (χ3v) is 5.34. The minimum atomic E-state index is -0.383. The van der Waals surface area contributed by atoms with Crippen molar-refractivity contribution in [2.24, 2.45) is 0 Å². The molecule has 1 unspecified atom stereocenters. The lowest BCUT2D eigenvalue weighted by atomic mass is 10.2. The smallest absolute Gasteiger partial charge is 0.262 e. The van der Waals surface area contributed by atoms with E-state index < -0.39 is 0 Å². The van der Waals surface area contributed by atoms with Gasteiger partial charge in [-0.2, -0.15) is 0 Å². The van der Waals surface area contributed by atoms with E-state index in [0.29, 0.717) is 22.6 Å². The average molecular weight is 382 g/mol. The first-order valence-corrected chi connectivity index (χ1v) is 10.00. The van der Waals surface area contributed by atoms with Gasteiger partial charge >= 0.3 is 0 Å². The second kappa shape index (κ2) is 8.86. The normalized spacial score (nSPS) is 12.1. The zero-order valence-electron chi connectivity index (χ0n) is 15.5. The highest BCUT2D eigenvalue weighted by Gasteiger charge is 2.19. The van der Waals surface area contributed by atoms with Gasteiger partial charge in [-0.05, 0) is 37.6 Å². The summed E-state index contributed by atoms with van der Waals surface area (Å²) in [6.07, 6.45) is 1.87. The Morgan fingerprint density at radius 2 is 1.85 bits per heavy atom. The van der Waals surface area contributed by atoms with E-state index >= 15 is 0 Å². The molecule has 1 atom stereocenters. The van der Waals surface area contributed by atoms with E-state index in [4.69, 9.17) is 0 Å². The molecule has 1 heterocycles. The van der Waals surface area contributed by atoms with Crippen LogP contribution >= 0.6 is 11.8 Å². The van der Waals surface area contributed by atoms with Crippen LogP contribution in [-0.2, 0) is 11.3 Å². The van der Waals surface area contributed by atoms with Gasteiger partial charge in [-0.3, -0.25) is 14.2 Å². The van der Waals surface area contributed by atoms with Crippen LogP contribution in [0.5, 0.6) is 0 Å². The topological polar surface area (TPSA) is 64.0 Å². The molecule has 2 aromatic carbocycles. The highest BCUT2D eigenvalue weighted by atomic mass is 32.2. The molecule has 0 aliphatic rings. The quantitative estimate of drug-likeness (QED) is 0.489. The van der Waals surface area contributed by atoms with Crippen LogP contribution in [0.15, 0.2) is 64.5 Å². The number of rotatable bonds is 7. The van der Waals surface area contributed by atoms with Gasteiger partial charge in [0.25, 0.3) is 5.56 Å². The van der Waals surface area contributed by atoms with Crippen LogP contribution in [0.3, 0.4) is 0 Å². The fraction of sp³-hybridized carbons (Fsp3) is 0.286. The standard InChI is InChI=1S/C21H23N3O2S/c1-3-4-14-24-20(26)17-12-8-9-13-18(17)23-21(24)27-15(2)19(25)22-16-10-6-5-7-11-16/h5-13,15H,3-4,14H2,1-2H3,(H,22,25). The number of unbranched alkanes of at least 4 members (excludes halogenated alkanes) is 1. The highest BCUT2D eigenvalue weighted by molar-refractivity contribution is 8.00. The van der Waals surface area contributed by atoms with Gasteiger partial charge in [-0.25, -0.2) is 4.98 Å². The Bertz CT molecular complexity index is 986. The van der Waals surface area contributed by atoms with Gasteiger partial charge in [0.15, 0.2) is 5.16 Å². The second-order valence-electron chi connectivity index (χ2n) is 6.34. The minimum Gasteiger partial charge on any atom is -0.325 e. The van der Waals surface area contributed by atoms with Gasteiger partial charge in [-0.1, -0.05) is 55.4 Å². The monoisotopic (exact) mass is 381 g/mol. The Labute approximate surface area is 162 Å². The summed E-state index contributed by atoms with van der Waals surface area (Å²) in [5, 5.41) is 3.71. The Hall–Kier alpha value is -2.60. The van der Waals surface area contributed by atoms with Crippen molar-refractivity contribution < 1.29 is 4.79 Å². The van der Waals surface area contributed by atoms with Crippen LogP contribution in [0.4, 0.5) is 5.69 Å². The van der Waals surface area contributed by atoms with Crippen LogP contribution in [0.2, 0.25) is 0 Å². The van der Waals surface area contributed by atoms with Crippen molar-refractivity contribution in [3.8, 4) is 0 Å². The first-order valence-electron chi connectivity index (χ1n) is 9.12. The summed E-state index contributed by atoms with van der Waals surface area (Å²) in [7, 11) is 0. The number of fused-ring (bicyclic) bond motifs is 1. The molecule has 1 N–H and O–H groups in total. The predicted molar refractivity (Wildman–Crippen MR) is 111 cm³/mol. The molecule has 0 aliphatic heterocycles. The summed E-state index contributed by atoms with van der Waals surface area (Å²) < 4.78 is 1.70. The highest BCUT2D eigenvalue weighted by Crippen LogP contribution is 2.24. The molecule has 1 amide bonds. The minimum absolute atomic E-state index is 0.0489. The largest absolute Gasteiger partial charge is 0.325 e. The Morgan fingerprint density at radius 3 is 2.59 bits per heavy atom. The fourth-order valence-electron chi connectivity index (χ4n) is 2.73. The van der Waals surface area contributed by atoms with Gasteiger partial charge < -0.3 is 5.32 Å². The summed E-state index contributed by atoms with van der Waals surface area (Å²) >= 11 is 1.32. The molecule has 0 saturated carbocycles. The Kier molecular flexibility index (Phi) is 6.29. The Balaban J connectivity index is 1.88. The molecule has 5 nitrogen and oxygen atoms in total. The van der Waals surface area contributed by atoms with Crippen molar-refractivity contribution >= 4 is 34.3 Å². The molecular weight excluding hydrogens is 358 g/mol. The van der Waals surface area contributed by atoms with E-state index in [2.05, 4.69) is 17.2 Å². The van der Waals surface area contributed by atoms with Crippen molar-refractivity contribution in [3.63, 3.8) is 0 Å². The van der Waals surface area contributed by atoms with Gasteiger partial charge in [0.1, 0.15) is 0 Å². The van der Waals surface area contributed by atoms with Gasteiger partial charge in [0.2, 0.25) is 5.91 Å². The number of carbonyl (C=O) groups is 1. The fourth-order valence-corrected chi connectivity index (χ4v) is 3.66. The van der Waals surface area contributed by atoms with E-state index in [1.54, 1.807) is 10.6 Å². The number of benzene rings is 2. The average Bonchev–Trinajstić information content (AvgIpc) is 2.68. The molecule has 0 fully saturated rings. The number of hydrogen-bond donors (Lipinski definition) is 1. The van der Waals surface area contributed by atoms with Gasteiger partial charge in [-0.15, -0.1) is 0 Å². The lowest BCUT2D eigenvalue weighted by molar-refractivity contribution is -0.115. The third-order valence-electron chi connectivity index (χ3n) is 4.25. The molecule has 3 aromatic rings. The third kappa shape index (κ3) is 4.57. The van der Waals surface area contributed by atoms with Gasteiger partial charge in [0, 0.05) is 12.2 Å². The molecule has 3 rings (SSSR count). The van der Waals surface area contributed by atoms with Crippen molar-refractivity contribution in [3.05, 3.63) is 65.0 Å². The number of anilines is 1. The molecule has 1 aromatic heterocycles. The van der Waals surface area contributed by atoms with E-state index in [-0.39, 0.29) is 16.7 Å². The maximum atomic E-state index is 12.9. The maximum Gasteiger partial charge on any atom is 0.262 e. The van der Waals surface area contributed by atoms with Crippen molar-refractivity contribution in [2.45, 2.75) is 43.6 Å². The van der Waals surface area contributed by atoms with Crippen molar-refractivity contribution in [2.75, 3.05) is 5.32 Å². The summed E-state index contributed by atoms with van der Waals surface area (Å²) in [6.45, 7) is 4.51. The number of carbonyl (C=O) groups excluding carboxylic acids is 1. The lowest BCUT2D eigenvalue weighted by Gasteiger charge is -2.16. The van der Waals surface area contributed by atoms with Crippen LogP contribution in [0, 0.1) is 0 Å².